The number of nitrogens with two attached hydrogens (primary N) is 1. The zero-order valence-corrected chi connectivity index (χ0v) is 11.1. The third-order valence-electron chi connectivity index (χ3n) is 3.94. The average molecular weight is 232 g/mol. The van der Waals surface area contributed by atoms with Gasteiger partial charge in [0.1, 0.15) is 0 Å². The first-order valence-electron chi connectivity index (χ1n) is 6.78. The Labute approximate surface area is 105 Å². The smallest absolute Gasteiger partial charge is 0.0236 e. The molecule has 0 radical (unpaired) electrons. The van der Waals surface area contributed by atoms with Crippen LogP contribution in [0.25, 0.3) is 0 Å². The highest BCUT2D eigenvalue weighted by Crippen LogP contribution is 2.25. The Kier molecular flexibility index (Phi) is 4.19. The lowest BCUT2D eigenvalue weighted by molar-refractivity contribution is 0.268. The molecular formula is C15H24N2. The van der Waals surface area contributed by atoms with Crippen molar-refractivity contribution in [3.8, 4) is 0 Å². The minimum absolute atomic E-state index is 0.592. The first-order valence-corrected chi connectivity index (χ1v) is 6.78. The van der Waals surface area contributed by atoms with Crippen molar-refractivity contribution in [2.75, 3.05) is 19.6 Å². The summed E-state index contributed by atoms with van der Waals surface area (Å²) in [6.45, 7) is 8.78. The Balaban J connectivity index is 2.15. The lowest BCUT2D eigenvalue weighted by Gasteiger charge is -2.28. The van der Waals surface area contributed by atoms with Crippen molar-refractivity contribution >= 4 is 0 Å². The van der Waals surface area contributed by atoms with E-state index in [1.807, 2.05) is 0 Å². The second-order valence-corrected chi connectivity index (χ2v) is 5.13. The van der Waals surface area contributed by atoms with Gasteiger partial charge in [0.2, 0.25) is 0 Å². The van der Waals surface area contributed by atoms with Crippen molar-refractivity contribution in [2.45, 2.75) is 39.2 Å². The lowest BCUT2D eigenvalue weighted by atomic mass is 9.91. The zero-order valence-electron chi connectivity index (χ0n) is 11.1. The number of hydrogen-bond donors (Lipinski definition) is 1. The van der Waals surface area contributed by atoms with Crippen molar-refractivity contribution in [1.82, 2.24) is 4.90 Å². The van der Waals surface area contributed by atoms with E-state index in [2.05, 4.69) is 36.9 Å². The summed E-state index contributed by atoms with van der Waals surface area (Å²) in [6.07, 6.45) is 2.28. The van der Waals surface area contributed by atoms with E-state index in [0.717, 1.165) is 26.1 Å². The molecule has 0 bridgehead atoms. The topological polar surface area (TPSA) is 29.3 Å². The van der Waals surface area contributed by atoms with Crippen molar-refractivity contribution in [2.24, 2.45) is 5.73 Å². The largest absolute Gasteiger partial charge is 0.330 e. The van der Waals surface area contributed by atoms with Crippen LogP contribution in [0, 0.1) is 0 Å². The number of rotatable bonds is 4. The Morgan fingerprint density at radius 3 is 2.88 bits per heavy atom. The molecule has 0 saturated heterocycles. The van der Waals surface area contributed by atoms with E-state index in [4.69, 9.17) is 5.73 Å². The normalized spacial score (nSPS) is 17.8. The van der Waals surface area contributed by atoms with Crippen LogP contribution in [0.2, 0.25) is 0 Å². The molecule has 2 heteroatoms. The molecule has 2 nitrogen and oxygen atoms in total. The number of fused-ring (bicyclic) bond motifs is 1. The second-order valence-electron chi connectivity index (χ2n) is 5.13. The van der Waals surface area contributed by atoms with Crippen LogP contribution < -0.4 is 5.73 Å². The van der Waals surface area contributed by atoms with Crippen molar-refractivity contribution in [1.29, 1.82) is 0 Å². The summed E-state index contributed by atoms with van der Waals surface area (Å²) in [5.41, 5.74) is 10.2. The molecule has 0 aliphatic carbocycles. The summed E-state index contributed by atoms with van der Waals surface area (Å²) < 4.78 is 0. The molecule has 0 saturated carbocycles. The molecule has 1 heterocycles. The SMILES string of the molecule is CCN1CCc2cc(C(C)CCN)ccc2C1. The van der Waals surface area contributed by atoms with Gasteiger partial charge in [0.25, 0.3) is 0 Å². The molecule has 0 aromatic heterocycles. The van der Waals surface area contributed by atoms with E-state index in [1.165, 1.54) is 24.1 Å². The molecule has 1 aliphatic rings. The first-order chi connectivity index (χ1) is 8.24. The highest BCUT2D eigenvalue weighted by atomic mass is 15.1. The van der Waals surface area contributed by atoms with Gasteiger partial charge < -0.3 is 5.73 Å². The van der Waals surface area contributed by atoms with Crippen LogP contribution in [0.5, 0.6) is 0 Å². The van der Waals surface area contributed by atoms with Gasteiger partial charge in [-0.2, -0.15) is 0 Å². The van der Waals surface area contributed by atoms with Crippen LogP contribution in [-0.4, -0.2) is 24.5 Å². The lowest BCUT2D eigenvalue weighted by Crippen LogP contribution is -2.30. The summed E-state index contributed by atoms with van der Waals surface area (Å²) >= 11 is 0. The monoisotopic (exact) mass is 232 g/mol. The van der Waals surface area contributed by atoms with E-state index < -0.39 is 0 Å². The van der Waals surface area contributed by atoms with Crippen LogP contribution in [0.1, 0.15) is 42.9 Å². The van der Waals surface area contributed by atoms with Gasteiger partial charge in [-0.1, -0.05) is 32.0 Å². The van der Waals surface area contributed by atoms with E-state index in [9.17, 15) is 0 Å². The summed E-state index contributed by atoms with van der Waals surface area (Å²) in [6, 6.07) is 7.01. The summed E-state index contributed by atoms with van der Waals surface area (Å²) in [7, 11) is 0. The van der Waals surface area contributed by atoms with Gasteiger partial charge in [0.15, 0.2) is 0 Å². The Morgan fingerprint density at radius 1 is 1.35 bits per heavy atom. The molecule has 2 N–H and O–H groups in total. The fraction of sp³-hybridized carbons (Fsp3) is 0.600. The summed E-state index contributed by atoms with van der Waals surface area (Å²) in [4.78, 5) is 2.51. The number of nitrogens with zero attached hydrogens (tertiary/aromatic N) is 1. The zero-order chi connectivity index (χ0) is 12.3. The highest BCUT2D eigenvalue weighted by molar-refractivity contribution is 5.35. The quantitative estimate of drug-likeness (QED) is 0.864. The van der Waals surface area contributed by atoms with Gasteiger partial charge in [-0.05, 0) is 48.5 Å². The highest BCUT2D eigenvalue weighted by Gasteiger charge is 2.16. The molecule has 2 rings (SSSR count). The third-order valence-corrected chi connectivity index (χ3v) is 3.94. The molecule has 94 valence electrons. The Hall–Kier alpha value is -0.860. The van der Waals surface area contributed by atoms with Gasteiger partial charge in [-0.25, -0.2) is 0 Å². The van der Waals surface area contributed by atoms with Gasteiger partial charge in [0.05, 0.1) is 0 Å². The fourth-order valence-electron chi connectivity index (χ4n) is 2.62. The maximum Gasteiger partial charge on any atom is 0.0236 e. The summed E-state index contributed by atoms with van der Waals surface area (Å²) in [5.74, 6) is 0.592. The van der Waals surface area contributed by atoms with E-state index in [1.54, 1.807) is 5.56 Å². The number of hydrogen-bond acceptors (Lipinski definition) is 2. The molecule has 1 unspecified atom stereocenters. The van der Waals surface area contributed by atoms with Gasteiger partial charge in [-0.3, -0.25) is 4.90 Å². The van der Waals surface area contributed by atoms with E-state index in [0.29, 0.717) is 5.92 Å². The van der Waals surface area contributed by atoms with Crippen LogP contribution >= 0.6 is 0 Å². The van der Waals surface area contributed by atoms with Gasteiger partial charge in [-0.15, -0.1) is 0 Å². The molecule has 1 aromatic carbocycles. The molecule has 1 aromatic rings. The van der Waals surface area contributed by atoms with Crippen LogP contribution in [-0.2, 0) is 13.0 Å². The minimum atomic E-state index is 0.592. The van der Waals surface area contributed by atoms with Crippen LogP contribution in [0.15, 0.2) is 18.2 Å². The van der Waals surface area contributed by atoms with Gasteiger partial charge in [0, 0.05) is 13.1 Å². The molecule has 1 aliphatic heterocycles. The minimum Gasteiger partial charge on any atom is -0.330 e. The average Bonchev–Trinajstić information content (AvgIpc) is 2.37. The third kappa shape index (κ3) is 2.88. The van der Waals surface area contributed by atoms with E-state index in [-0.39, 0.29) is 0 Å². The Morgan fingerprint density at radius 2 is 2.18 bits per heavy atom. The van der Waals surface area contributed by atoms with Crippen molar-refractivity contribution in [3.05, 3.63) is 34.9 Å². The Bertz CT molecular complexity index is 373. The van der Waals surface area contributed by atoms with Crippen LogP contribution in [0.4, 0.5) is 0 Å². The fourth-order valence-corrected chi connectivity index (χ4v) is 2.62. The van der Waals surface area contributed by atoms with Gasteiger partial charge >= 0.3 is 0 Å². The predicted octanol–water partition coefficient (Wildman–Crippen LogP) is 2.52. The molecule has 17 heavy (non-hydrogen) atoms. The summed E-state index contributed by atoms with van der Waals surface area (Å²) in [5, 5.41) is 0. The molecular weight excluding hydrogens is 208 g/mol. The second kappa shape index (κ2) is 5.65. The standard InChI is InChI=1S/C15H24N2/c1-3-17-9-7-14-10-13(12(2)6-8-16)4-5-15(14)11-17/h4-5,10,12H,3,6-9,11,16H2,1-2H3. The maximum absolute atomic E-state index is 5.63. The number of likely N-dealkylation sites (N-methyl/N-ethyl adjacent to an activating group) is 1. The predicted molar refractivity (Wildman–Crippen MR) is 73.2 cm³/mol. The van der Waals surface area contributed by atoms with Crippen LogP contribution in [0.3, 0.4) is 0 Å². The van der Waals surface area contributed by atoms with E-state index >= 15 is 0 Å². The maximum atomic E-state index is 5.63. The molecule has 0 fully saturated rings. The van der Waals surface area contributed by atoms with Crippen molar-refractivity contribution in [3.63, 3.8) is 0 Å². The molecule has 0 spiro atoms. The van der Waals surface area contributed by atoms with Crippen molar-refractivity contribution < 1.29 is 0 Å². The first kappa shape index (κ1) is 12.6. The molecule has 1 atom stereocenters. The number of benzene rings is 1. The molecule has 0 amide bonds.